The Morgan fingerprint density at radius 3 is 2.38 bits per heavy atom. The van der Waals surface area contributed by atoms with E-state index in [0.29, 0.717) is 17.5 Å². The zero-order chi connectivity index (χ0) is 11.5. The van der Waals surface area contributed by atoms with E-state index < -0.39 is 0 Å². The van der Waals surface area contributed by atoms with Gasteiger partial charge in [-0.05, 0) is 32.0 Å². The van der Waals surface area contributed by atoms with Crippen molar-refractivity contribution in [2.24, 2.45) is 0 Å². The van der Waals surface area contributed by atoms with Crippen LogP contribution in [0.3, 0.4) is 0 Å². The average Bonchev–Trinajstić information content (AvgIpc) is 2.20. The number of nitrogens with zero attached hydrogens (tertiary/aromatic N) is 3. The highest BCUT2D eigenvalue weighted by Gasteiger charge is 2.00. The number of anilines is 3. The van der Waals surface area contributed by atoms with Crippen molar-refractivity contribution >= 4 is 17.5 Å². The summed E-state index contributed by atoms with van der Waals surface area (Å²) < 4.78 is 0. The number of hydrogen-bond donors (Lipinski definition) is 2. The molecule has 0 saturated heterocycles. The molecule has 0 aliphatic carbocycles. The van der Waals surface area contributed by atoms with E-state index in [4.69, 9.17) is 5.73 Å². The van der Waals surface area contributed by atoms with Gasteiger partial charge in [0.05, 0.1) is 11.9 Å². The van der Waals surface area contributed by atoms with Crippen molar-refractivity contribution in [3.8, 4) is 0 Å². The van der Waals surface area contributed by atoms with Crippen molar-refractivity contribution < 1.29 is 0 Å². The van der Waals surface area contributed by atoms with Crippen LogP contribution in [-0.2, 0) is 0 Å². The van der Waals surface area contributed by atoms with E-state index in [1.54, 1.807) is 18.3 Å². The Bertz CT molecular complexity index is 472. The molecule has 0 saturated carbocycles. The molecular formula is C11H13N5. The average molecular weight is 215 g/mol. The Labute approximate surface area is 93.8 Å². The molecule has 0 unspecified atom stereocenters. The second-order valence-corrected chi connectivity index (χ2v) is 3.58. The van der Waals surface area contributed by atoms with Crippen molar-refractivity contribution in [3.05, 3.63) is 35.8 Å². The summed E-state index contributed by atoms with van der Waals surface area (Å²) in [5.41, 5.74) is 8.02. The molecule has 2 heterocycles. The van der Waals surface area contributed by atoms with Gasteiger partial charge in [0.1, 0.15) is 5.82 Å². The number of aromatic nitrogens is 3. The maximum absolute atomic E-state index is 5.55. The lowest BCUT2D eigenvalue weighted by molar-refractivity contribution is 1.05. The van der Waals surface area contributed by atoms with Gasteiger partial charge in [-0.15, -0.1) is 0 Å². The molecule has 5 heteroatoms. The lowest BCUT2D eigenvalue weighted by Crippen LogP contribution is -2.01. The summed E-state index contributed by atoms with van der Waals surface area (Å²) in [5.74, 6) is 1.23. The maximum atomic E-state index is 5.55. The van der Waals surface area contributed by atoms with Crippen LogP contribution in [0.15, 0.2) is 24.4 Å². The van der Waals surface area contributed by atoms with E-state index in [9.17, 15) is 0 Å². The molecule has 0 amide bonds. The van der Waals surface area contributed by atoms with Gasteiger partial charge in [0, 0.05) is 11.4 Å². The second kappa shape index (κ2) is 4.14. The first-order chi connectivity index (χ1) is 7.63. The number of pyridine rings is 1. The summed E-state index contributed by atoms with van der Waals surface area (Å²) in [4.78, 5) is 12.6. The molecule has 0 radical (unpaired) electrons. The summed E-state index contributed by atoms with van der Waals surface area (Å²) in [5, 5.41) is 3.02. The summed E-state index contributed by atoms with van der Waals surface area (Å²) in [6.07, 6.45) is 1.59. The molecule has 0 bridgehead atoms. The molecule has 16 heavy (non-hydrogen) atoms. The van der Waals surface area contributed by atoms with Crippen LogP contribution in [0.1, 0.15) is 11.4 Å². The smallest absolute Gasteiger partial charge is 0.228 e. The van der Waals surface area contributed by atoms with Crippen LogP contribution in [-0.4, -0.2) is 15.0 Å². The van der Waals surface area contributed by atoms with Gasteiger partial charge < -0.3 is 11.1 Å². The predicted molar refractivity (Wildman–Crippen MR) is 63.4 cm³/mol. The molecule has 3 N–H and O–H groups in total. The Morgan fingerprint density at radius 2 is 1.81 bits per heavy atom. The molecule has 2 aromatic heterocycles. The minimum atomic E-state index is 0.551. The number of nitrogens with one attached hydrogen (secondary N) is 1. The fraction of sp³-hybridized carbons (Fsp3) is 0.182. The van der Waals surface area contributed by atoms with Crippen molar-refractivity contribution in [1.82, 2.24) is 15.0 Å². The monoisotopic (exact) mass is 215 g/mol. The summed E-state index contributed by atoms with van der Waals surface area (Å²) in [6.45, 7) is 3.85. The maximum Gasteiger partial charge on any atom is 0.228 e. The van der Waals surface area contributed by atoms with Crippen LogP contribution >= 0.6 is 0 Å². The van der Waals surface area contributed by atoms with Crippen molar-refractivity contribution in [2.75, 3.05) is 11.1 Å². The highest BCUT2D eigenvalue weighted by molar-refractivity contribution is 5.51. The number of aryl methyl sites for hydroxylation is 2. The van der Waals surface area contributed by atoms with Crippen molar-refractivity contribution in [1.29, 1.82) is 0 Å². The topological polar surface area (TPSA) is 76.7 Å². The van der Waals surface area contributed by atoms with Gasteiger partial charge in [-0.25, -0.2) is 15.0 Å². The molecule has 0 spiro atoms. The Morgan fingerprint density at radius 1 is 1.12 bits per heavy atom. The highest BCUT2D eigenvalue weighted by Crippen LogP contribution is 2.12. The fourth-order valence-electron chi connectivity index (χ4n) is 1.38. The first kappa shape index (κ1) is 10.4. The molecule has 0 aliphatic rings. The molecule has 2 aromatic rings. The third kappa shape index (κ3) is 2.44. The van der Waals surface area contributed by atoms with Crippen LogP contribution < -0.4 is 11.1 Å². The first-order valence-electron chi connectivity index (χ1n) is 4.94. The Balaban J connectivity index is 2.23. The van der Waals surface area contributed by atoms with E-state index in [2.05, 4.69) is 20.3 Å². The van der Waals surface area contributed by atoms with E-state index >= 15 is 0 Å². The van der Waals surface area contributed by atoms with Crippen LogP contribution in [0.5, 0.6) is 0 Å². The molecule has 0 aliphatic heterocycles. The Hall–Kier alpha value is -2.17. The van der Waals surface area contributed by atoms with Gasteiger partial charge in [0.15, 0.2) is 0 Å². The SMILES string of the molecule is Cc1cc(C)nc(Nc2ccc(N)cn2)n1. The summed E-state index contributed by atoms with van der Waals surface area (Å²) in [7, 11) is 0. The number of rotatable bonds is 2. The van der Waals surface area contributed by atoms with Gasteiger partial charge in [-0.3, -0.25) is 0 Å². The zero-order valence-corrected chi connectivity index (χ0v) is 9.23. The quantitative estimate of drug-likeness (QED) is 0.799. The van der Waals surface area contributed by atoms with Gasteiger partial charge >= 0.3 is 0 Å². The first-order valence-corrected chi connectivity index (χ1v) is 4.94. The zero-order valence-electron chi connectivity index (χ0n) is 9.23. The predicted octanol–water partition coefficient (Wildman–Crippen LogP) is 1.81. The molecular weight excluding hydrogens is 202 g/mol. The van der Waals surface area contributed by atoms with Crippen molar-refractivity contribution in [2.45, 2.75) is 13.8 Å². The second-order valence-electron chi connectivity index (χ2n) is 3.58. The van der Waals surface area contributed by atoms with Gasteiger partial charge in [-0.1, -0.05) is 0 Å². The fourth-order valence-corrected chi connectivity index (χ4v) is 1.38. The minimum absolute atomic E-state index is 0.551. The third-order valence-electron chi connectivity index (χ3n) is 2.01. The van der Waals surface area contributed by atoms with Crippen LogP contribution in [0.25, 0.3) is 0 Å². The lowest BCUT2D eigenvalue weighted by atomic mass is 10.3. The molecule has 2 rings (SSSR count). The van der Waals surface area contributed by atoms with E-state index in [0.717, 1.165) is 11.4 Å². The highest BCUT2D eigenvalue weighted by atomic mass is 15.1. The van der Waals surface area contributed by atoms with Gasteiger partial charge in [0.2, 0.25) is 5.95 Å². The molecule has 0 atom stereocenters. The van der Waals surface area contributed by atoms with Crippen LogP contribution in [0.4, 0.5) is 17.5 Å². The summed E-state index contributed by atoms with van der Waals surface area (Å²) >= 11 is 0. The van der Waals surface area contributed by atoms with Gasteiger partial charge in [0.25, 0.3) is 0 Å². The van der Waals surface area contributed by atoms with E-state index in [-0.39, 0.29) is 0 Å². The largest absolute Gasteiger partial charge is 0.397 e. The standard InChI is InChI=1S/C11H13N5/c1-7-5-8(2)15-11(14-7)16-10-4-3-9(12)6-13-10/h3-6H,12H2,1-2H3,(H,13,14,15,16). The number of nitrogens with two attached hydrogens (primary N) is 1. The molecule has 0 fully saturated rings. The lowest BCUT2D eigenvalue weighted by Gasteiger charge is -2.05. The Kier molecular flexibility index (Phi) is 2.68. The van der Waals surface area contributed by atoms with E-state index in [1.807, 2.05) is 19.9 Å². The summed E-state index contributed by atoms with van der Waals surface area (Å²) in [6, 6.07) is 5.48. The molecule has 82 valence electrons. The molecule has 0 aromatic carbocycles. The minimum Gasteiger partial charge on any atom is -0.397 e. The normalized spacial score (nSPS) is 10.1. The molecule has 5 nitrogen and oxygen atoms in total. The van der Waals surface area contributed by atoms with Gasteiger partial charge in [-0.2, -0.15) is 0 Å². The number of nitrogen functional groups attached to an aromatic ring is 1. The third-order valence-corrected chi connectivity index (χ3v) is 2.01. The number of hydrogen-bond acceptors (Lipinski definition) is 5. The van der Waals surface area contributed by atoms with Crippen LogP contribution in [0.2, 0.25) is 0 Å². The van der Waals surface area contributed by atoms with Crippen LogP contribution in [0, 0.1) is 13.8 Å². The van der Waals surface area contributed by atoms with Crippen molar-refractivity contribution in [3.63, 3.8) is 0 Å². The van der Waals surface area contributed by atoms with E-state index in [1.165, 1.54) is 0 Å².